The molecule has 2 nitrogen and oxygen atoms in total. The number of halogens is 1. The highest BCUT2D eigenvalue weighted by atomic mass is 127. The molecule has 0 radical (unpaired) electrons. The monoisotopic (exact) mass is 357 g/mol. The molecule has 0 heterocycles. The Morgan fingerprint density at radius 1 is 1.39 bits per heavy atom. The second kappa shape index (κ2) is 6.55. The van der Waals surface area contributed by atoms with Crippen LogP contribution >= 0.6 is 22.6 Å². The van der Waals surface area contributed by atoms with E-state index in [0.29, 0.717) is 5.92 Å². The van der Waals surface area contributed by atoms with Gasteiger partial charge in [-0.1, -0.05) is 32.3 Å². The van der Waals surface area contributed by atoms with Crippen LogP contribution in [0.15, 0.2) is 24.3 Å². The van der Waals surface area contributed by atoms with Gasteiger partial charge in [0.05, 0.1) is 0 Å². The van der Waals surface area contributed by atoms with E-state index in [9.17, 15) is 4.79 Å². The van der Waals surface area contributed by atoms with Gasteiger partial charge in [0.15, 0.2) is 0 Å². The molecule has 2 atom stereocenters. The summed E-state index contributed by atoms with van der Waals surface area (Å²) < 4.78 is 1.10. The summed E-state index contributed by atoms with van der Waals surface area (Å²) in [6, 6.07) is 7.74. The van der Waals surface area contributed by atoms with Crippen LogP contribution in [0.3, 0.4) is 0 Å². The maximum atomic E-state index is 12.0. The number of rotatable bonds is 3. The first kappa shape index (κ1) is 13.8. The zero-order valence-corrected chi connectivity index (χ0v) is 12.9. The van der Waals surface area contributed by atoms with Gasteiger partial charge in [-0.3, -0.25) is 4.79 Å². The molecule has 1 aromatic rings. The van der Waals surface area contributed by atoms with Gasteiger partial charge in [-0.25, -0.2) is 0 Å². The second-order valence-corrected chi connectivity index (χ2v) is 6.49. The third-order valence-corrected chi connectivity index (χ3v) is 4.57. The van der Waals surface area contributed by atoms with Crippen LogP contribution in [-0.4, -0.2) is 12.5 Å². The minimum atomic E-state index is 0.0614. The molecule has 0 aromatic heterocycles. The van der Waals surface area contributed by atoms with Crippen molar-refractivity contribution in [1.82, 2.24) is 5.32 Å². The molecule has 98 valence electrons. The first-order chi connectivity index (χ1) is 8.66. The SMILES string of the molecule is CC1CCCCC1CNC(=O)c1cccc(I)c1. The van der Waals surface area contributed by atoms with Crippen LogP contribution in [0.25, 0.3) is 0 Å². The van der Waals surface area contributed by atoms with Crippen molar-refractivity contribution in [3.63, 3.8) is 0 Å². The predicted molar refractivity (Wildman–Crippen MR) is 82.6 cm³/mol. The molecule has 3 heteroatoms. The first-order valence-corrected chi connectivity index (χ1v) is 7.78. The summed E-state index contributed by atoms with van der Waals surface area (Å²) in [6.45, 7) is 3.13. The third kappa shape index (κ3) is 3.70. The molecule has 1 aliphatic carbocycles. The summed E-state index contributed by atoms with van der Waals surface area (Å²) in [6.07, 6.45) is 5.23. The van der Waals surface area contributed by atoms with Crippen LogP contribution in [-0.2, 0) is 0 Å². The lowest BCUT2D eigenvalue weighted by Gasteiger charge is -2.28. The van der Waals surface area contributed by atoms with E-state index in [-0.39, 0.29) is 5.91 Å². The molecule has 1 aliphatic rings. The van der Waals surface area contributed by atoms with Crippen molar-refractivity contribution in [2.45, 2.75) is 32.6 Å². The van der Waals surface area contributed by atoms with Gasteiger partial charge in [0, 0.05) is 15.7 Å². The zero-order valence-electron chi connectivity index (χ0n) is 10.8. The van der Waals surface area contributed by atoms with Gasteiger partial charge in [0.2, 0.25) is 0 Å². The lowest BCUT2D eigenvalue weighted by molar-refractivity contribution is 0.0936. The molecule has 0 bridgehead atoms. The van der Waals surface area contributed by atoms with Crippen LogP contribution in [0.5, 0.6) is 0 Å². The Bertz CT molecular complexity index is 419. The van der Waals surface area contributed by atoms with Crippen molar-refractivity contribution in [3.8, 4) is 0 Å². The van der Waals surface area contributed by atoms with Gasteiger partial charge >= 0.3 is 0 Å². The van der Waals surface area contributed by atoms with Gasteiger partial charge in [0.25, 0.3) is 5.91 Å². The summed E-state index contributed by atoms with van der Waals surface area (Å²) in [5, 5.41) is 3.08. The summed E-state index contributed by atoms with van der Waals surface area (Å²) >= 11 is 2.23. The van der Waals surface area contributed by atoms with Crippen molar-refractivity contribution < 1.29 is 4.79 Å². The van der Waals surface area contributed by atoms with E-state index in [1.54, 1.807) is 0 Å². The molecule has 2 rings (SSSR count). The molecule has 1 fully saturated rings. The Kier molecular flexibility index (Phi) is 5.03. The highest BCUT2D eigenvalue weighted by Crippen LogP contribution is 2.28. The normalized spacial score (nSPS) is 23.7. The van der Waals surface area contributed by atoms with Gasteiger partial charge in [-0.05, 0) is 59.0 Å². The highest BCUT2D eigenvalue weighted by Gasteiger charge is 2.21. The molecule has 1 amide bonds. The van der Waals surface area contributed by atoms with E-state index >= 15 is 0 Å². The van der Waals surface area contributed by atoms with Gasteiger partial charge < -0.3 is 5.32 Å². The maximum absolute atomic E-state index is 12.0. The van der Waals surface area contributed by atoms with Crippen molar-refractivity contribution >= 4 is 28.5 Å². The summed E-state index contributed by atoms with van der Waals surface area (Å²) in [7, 11) is 0. The van der Waals surface area contributed by atoms with E-state index in [2.05, 4.69) is 34.8 Å². The Hall–Kier alpha value is -0.580. The molecule has 0 aliphatic heterocycles. The number of carbonyl (C=O) groups is 1. The summed E-state index contributed by atoms with van der Waals surface area (Å²) in [4.78, 5) is 12.0. The fourth-order valence-corrected chi connectivity index (χ4v) is 3.19. The second-order valence-electron chi connectivity index (χ2n) is 5.24. The van der Waals surface area contributed by atoms with Crippen LogP contribution in [0.1, 0.15) is 43.0 Å². The van der Waals surface area contributed by atoms with E-state index < -0.39 is 0 Å². The fraction of sp³-hybridized carbons (Fsp3) is 0.533. The summed E-state index contributed by atoms with van der Waals surface area (Å²) in [5.41, 5.74) is 0.769. The highest BCUT2D eigenvalue weighted by molar-refractivity contribution is 14.1. The van der Waals surface area contributed by atoms with Crippen LogP contribution < -0.4 is 5.32 Å². The van der Waals surface area contributed by atoms with E-state index in [0.717, 1.165) is 21.6 Å². The smallest absolute Gasteiger partial charge is 0.251 e. The lowest BCUT2D eigenvalue weighted by Crippen LogP contribution is -2.33. The predicted octanol–water partition coefficient (Wildman–Crippen LogP) is 3.85. The number of hydrogen-bond acceptors (Lipinski definition) is 1. The molecule has 2 unspecified atom stereocenters. The number of nitrogens with one attached hydrogen (secondary N) is 1. The Balaban J connectivity index is 1.88. The number of carbonyl (C=O) groups excluding carboxylic acids is 1. The number of amides is 1. The van der Waals surface area contributed by atoms with Crippen molar-refractivity contribution in [1.29, 1.82) is 0 Å². The Morgan fingerprint density at radius 2 is 2.17 bits per heavy atom. The zero-order chi connectivity index (χ0) is 13.0. The standard InChI is InChI=1S/C15H20INO/c1-11-5-2-3-6-13(11)10-17-15(18)12-7-4-8-14(16)9-12/h4,7-9,11,13H,2-3,5-6,10H2,1H3,(H,17,18). The van der Waals surface area contributed by atoms with Crippen molar-refractivity contribution in [2.24, 2.45) is 11.8 Å². The average molecular weight is 357 g/mol. The minimum absolute atomic E-state index is 0.0614. The van der Waals surface area contributed by atoms with Crippen LogP contribution in [0, 0.1) is 15.4 Å². The maximum Gasteiger partial charge on any atom is 0.251 e. The van der Waals surface area contributed by atoms with E-state index in [1.165, 1.54) is 25.7 Å². The quantitative estimate of drug-likeness (QED) is 0.819. The first-order valence-electron chi connectivity index (χ1n) is 6.70. The van der Waals surface area contributed by atoms with E-state index in [4.69, 9.17) is 0 Å². The molecule has 1 saturated carbocycles. The number of benzene rings is 1. The lowest BCUT2D eigenvalue weighted by atomic mass is 9.80. The fourth-order valence-electron chi connectivity index (χ4n) is 2.65. The molecule has 1 aromatic carbocycles. The molecule has 18 heavy (non-hydrogen) atoms. The van der Waals surface area contributed by atoms with Crippen LogP contribution in [0.4, 0.5) is 0 Å². The Labute approximate surface area is 123 Å². The molecule has 1 N–H and O–H groups in total. The molecular weight excluding hydrogens is 337 g/mol. The van der Waals surface area contributed by atoms with Gasteiger partial charge in [-0.15, -0.1) is 0 Å². The van der Waals surface area contributed by atoms with E-state index in [1.807, 2.05) is 24.3 Å². The minimum Gasteiger partial charge on any atom is -0.352 e. The third-order valence-electron chi connectivity index (χ3n) is 3.90. The van der Waals surface area contributed by atoms with Gasteiger partial charge in [-0.2, -0.15) is 0 Å². The molecular formula is C15H20INO. The largest absolute Gasteiger partial charge is 0.352 e. The van der Waals surface area contributed by atoms with Crippen LogP contribution in [0.2, 0.25) is 0 Å². The Morgan fingerprint density at radius 3 is 2.89 bits per heavy atom. The van der Waals surface area contributed by atoms with Crippen molar-refractivity contribution in [3.05, 3.63) is 33.4 Å². The van der Waals surface area contributed by atoms with Gasteiger partial charge in [0.1, 0.15) is 0 Å². The summed E-state index contributed by atoms with van der Waals surface area (Å²) in [5.74, 6) is 1.46. The average Bonchev–Trinajstić information content (AvgIpc) is 2.37. The van der Waals surface area contributed by atoms with Crippen molar-refractivity contribution in [2.75, 3.05) is 6.54 Å². The molecule has 0 saturated heterocycles. The number of hydrogen-bond donors (Lipinski definition) is 1. The molecule has 0 spiro atoms. The topological polar surface area (TPSA) is 29.1 Å².